The SMILES string of the molecule is Brc1n[nH]c(CC2CCCNC2)n1. The molecule has 0 spiro atoms. The van der Waals surface area contributed by atoms with Crippen LogP contribution in [0.5, 0.6) is 0 Å². The van der Waals surface area contributed by atoms with Crippen LogP contribution in [0.25, 0.3) is 0 Å². The summed E-state index contributed by atoms with van der Waals surface area (Å²) in [6.45, 7) is 2.27. The topological polar surface area (TPSA) is 53.6 Å². The molecule has 0 bridgehead atoms. The van der Waals surface area contributed by atoms with Crippen molar-refractivity contribution in [3.63, 3.8) is 0 Å². The van der Waals surface area contributed by atoms with Gasteiger partial charge in [-0.1, -0.05) is 0 Å². The van der Waals surface area contributed by atoms with Gasteiger partial charge in [0, 0.05) is 6.42 Å². The molecule has 2 heterocycles. The fourth-order valence-electron chi connectivity index (χ4n) is 1.73. The van der Waals surface area contributed by atoms with E-state index in [1.165, 1.54) is 12.8 Å². The van der Waals surface area contributed by atoms with Gasteiger partial charge in [-0.2, -0.15) is 0 Å². The molecule has 1 aromatic heterocycles. The second-order valence-corrected chi connectivity index (χ2v) is 4.18. The van der Waals surface area contributed by atoms with Gasteiger partial charge < -0.3 is 5.32 Å². The van der Waals surface area contributed by atoms with Gasteiger partial charge in [-0.3, -0.25) is 5.10 Å². The van der Waals surface area contributed by atoms with Gasteiger partial charge in [-0.05, 0) is 47.8 Å². The van der Waals surface area contributed by atoms with Crippen LogP contribution >= 0.6 is 15.9 Å². The molecule has 72 valence electrons. The van der Waals surface area contributed by atoms with Crippen LogP contribution in [0, 0.1) is 5.92 Å². The lowest BCUT2D eigenvalue weighted by Gasteiger charge is -2.21. The molecule has 1 unspecified atom stereocenters. The maximum atomic E-state index is 4.23. The summed E-state index contributed by atoms with van der Waals surface area (Å²) in [5.41, 5.74) is 0. The Kier molecular flexibility index (Phi) is 2.95. The van der Waals surface area contributed by atoms with E-state index in [4.69, 9.17) is 0 Å². The van der Waals surface area contributed by atoms with Crippen molar-refractivity contribution in [2.45, 2.75) is 19.3 Å². The first-order valence-corrected chi connectivity index (χ1v) is 5.41. The molecule has 0 saturated carbocycles. The molecule has 4 nitrogen and oxygen atoms in total. The standard InChI is InChI=1S/C8H13BrN4/c9-8-11-7(12-13-8)4-6-2-1-3-10-5-6/h6,10H,1-5H2,(H,11,12,13). The molecular weight excluding hydrogens is 232 g/mol. The summed E-state index contributed by atoms with van der Waals surface area (Å²) in [5, 5.41) is 10.2. The molecule has 0 aliphatic carbocycles. The highest BCUT2D eigenvalue weighted by atomic mass is 79.9. The third-order valence-corrected chi connectivity index (χ3v) is 2.74. The molecule has 2 rings (SSSR count). The van der Waals surface area contributed by atoms with E-state index in [9.17, 15) is 0 Å². The van der Waals surface area contributed by atoms with Crippen molar-refractivity contribution in [2.24, 2.45) is 5.92 Å². The van der Waals surface area contributed by atoms with E-state index in [1.807, 2.05) is 0 Å². The zero-order chi connectivity index (χ0) is 9.10. The lowest BCUT2D eigenvalue weighted by Crippen LogP contribution is -2.31. The quantitative estimate of drug-likeness (QED) is 0.820. The van der Waals surface area contributed by atoms with Crippen molar-refractivity contribution in [3.8, 4) is 0 Å². The zero-order valence-electron chi connectivity index (χ0n) is 7.39. The first kappa shape index (κ1) is 9.15. The number of aromatic amines is 1. The normalized spacial score (nSPS) is 23.3. The van der Waals surface area contributed by atoms with Crippen molar-refractivity contribution in [3.05, 3.63) is 10.6 Å². The fourth-order valence-corrected chi connectivity index (χ4v) is 2.04. The summed E-state index contributed by atoms with van der Waals surface area (Å²) in [6.07, 6.45) is 3.58. The van der Waals surface area contributed by atoms with Crippen molar-refractivity contribution in [1.29, 1.82) is 0 Å². The summed E-state index contributed by atoms with van der Waals surface area (Å²) in [4.78, 5) is 4.23. The number of H-pyrrole nitrogens is 1. The Morgan fingerprint density at radius 2 is 2.46 bits per heavy atom. The first-order chi connectivity index (χ1) is 6.34. The van der Waals surface area contributed by atoms with Crippen LogP contribution in [0.3, 0.4) is 0 Å². The number of aromatic nitrogens is 3. The van der Waals surface area contributed by atoms with Crippen LogP contribution in [-0.4, -0.2) is 28.3 Å². The molecule has 1 aliphatic rings. The zero-order valence-corrected chi connectivity index (χ0v) is 8.97. The maximum Gasteiger partial charge on any atom is 0.217 e. The Labute approximate surface area is 85.6 Å². The van der Waals surface area contributed by atoms with E-state index in [2.05, 4.69) is 36.4 Å². The molecule has 1 aromatic rings. The molecule has 1 aliphatic heterocycles. The third-order valence-electron chi connectivity index (χ3n) is 2.39. The van der Waals surface area contributed by atoms with E-state index >= 15 is 0 Å². The van der Waals surface area contributed by atoms with Gasteiger partial charge in [0.2, 0.25) is 4.73 Å². The number of piperidine rings is 1. The summed E-state index contributed by atoms with van der Waals surface area (Å²) in [6, 6.07) is 0. The summed E-state index contributed by atoms with van der Waals surface area (Å²) < 4.78 is 0.659. The molecule has 0 aromatic carbocycles. The second-order valence-electron chi connectivity index (χ2n) is 3.47. The Morgan fingerprint density at radius 1 is 1.54 bits per heavy atom. The van der Waals surface area contributed by atoms with Crippen molar-refractivity contribution < 1.29 is 0 Å². The molecule has 13 heavy (non-hydrogen) atoms. The molecule has 2 N–H and O–H groups in total. The van der Waals surface area contributed by atoms with Crippen molar-refractivity contribution in [1.82, 2.24) is 20.5 Å². The number of nitrogens with zero attached hydrogens (tertiary/aromatic N) is 2. The van der Waals surface area contributed by atoms with E-state index in [0.29, 0.717) is 10.7 Å². The summed E-state index contributed by atoms with van der Waals surface area (Å²) in [7, 11) is 0. The summed E-state index contributed by atoms with van der Waals surface area (Å²) in [5.74, 6) is 1.70. The number of halogens is 1. The Hall–Kier alpha value is -0.420. The number of hydrogen-bond donors (Lipinski definition) is 2. The maximum absolute atomic E-state index is 4.23. The molecule has 0 radical (unpaired) electrons. The predicted molar refractivity (Wildman–Crippen MR) is 53.4 cm³/mol. The van der Waals surface area contributed by atoms with Gasteiger partial charge in [-0.15, -0.1) is 5.10 Å². The molecule has 0 amide bonds. The number of hydrogen-bond acceptors (Lipinski definition) is 3. The number of rotatable bonds is 2. The second kappa shape index (κ2) is 4.19. The average molecular weight is 245 g/mol. The highest BCUT2D eigenvalue weighted by Gasteiger charge is 2.14. The number of nitrogens with one attached hydrogen (secondary N) is 2. The largest absolute Gasteiger partial charge is 0.316 e. The Morgan fingerprint density at radius 3 is 3.08 bits per heavy atom. The molecular formula is C8H13BrN4. The van der Waals surface area contributed by atoms with E-state index in [-0.39, 0.29) is 0 Å². The van der Waals surface area contributed by atoms with Crippen molar-refractivity contribution >= 4 is 15.9 Å². The first-order valence-electron chi connectivity index (χ1n) is 4.62. The summed E-state index contributed by atoms with van der Waals surface area (Å²) >= 11 is 3.23. The van der Waals surface area contributed by atoms with Gasteiger partial charge in [0.15, 0.2) is 0 Å². The lowest BCUT2D eigenvalue weighted by molar-refractivity contribution is 0.371. The van der Waals surface area contributed by atoms with E-state index in [0.717, 1.165) is 25.3 Å². The molecule has 5 heteroatoms. The van der Waals surface area contributed by atoms with Crippen LogP contribution in [0.15, 0.2) is 4.73 Å². The monoisotopic (exact) mass is 244 g/mol. The Bertz CT molecular complexity index is 267. The average Bonchev–Trinajstić information content (AvgIpc) is 2.53. The van der Waals surface area contributed by atoms with E-state index in [1.54, 1.807) is 0 Å². The molecule has 1 saturated heterocycles. The highest BCUT2D eigenvalue weighted by molar-refractivity contribution is 9.10. The van der Waals surface area contributed by atoms with Crippen LogP contribution in [0.4, 0.5) is 0 Å². The van der Waals surface area contributed by atoms with Crippen LogP contribution < -0.4 is 5.32 Å². The third kappa shape index (κ3) is 2.51. The fraction of sp³-hybridized carbons (Fsp3) is 0.750. The van der Waals surface area contributed by atoms with E-state index < -0.39 is 0 Å². The van der Waals surface area contributed by atoms with Crippen LogP contribution in [0.1, 0.15) is 18.7 Å². The smallest absolute Gasteiger partial charge is 0.217 e. The van der Waals surface area contributed by atoms with Gasteiger partial charge in [0.05, 0.1) is 0 Å². The van der Waals surface area contributed by atoms with Crippen LogP contribution in [0.2, 0.25) is 0 Å². The van der Waals surface area contributed by atoms with Gasteiger partial charge in [0.1, 0.15) is 5.82 Å². The minimum Gasteiger partial charge on any atom is -0.316 e. The minimum atomic E-state index is 0.659. The van der Waals surface area contributed by atoms with Gasteiger partial charge in [-0.25, -0.2) is 4.98 Å². The Balaban J connectivity index is 1.89. The van der Waals surface area contributed by atoms with Gasteiger partial charge in [0.25, 0.3) is 0 Å². The predicted octanol–water partition coefficient (Wildman–Crippen LogP) is 1.11. The van der Waals surface area contributed by atoms with Gasteiger partial charge >= 0.3 is 0 Å². The van der Waals surface area contributed by atoms with Crippen molar-refractivity contribution in [2.75, 3.05) is 13.1 Å². The van der Waals surface area contributed by atoms with Crippen LogP contribution in [-0.2, 0) is 6.42 Å². The minimum absolute atomic E-state index is 0.659. The molecule has 1 atom stereocenters. The highest BCUT2D eigenvalue weighted by Crippen LogP contribution is 2.14. The lowest BCUT2D eigenvalue weighted by atomic mass is 9.96. The molecule has 1 fully saturated rings.